The number of benzene rings is 2. The third kappa shape index (κ3) is 8.56. The number of nitrogens with one attached hydrogen (secondary N) is 1. The maximum atomic E-state index is 12.2. The van der Waals surface area contributed by atoms with Crippen molar-refractivity contribution in [3.05, 3.63) is 63.1 Å². The minimum Gasteiger partial charge on any atom is -0.355 e. The Morgan fingerprint density at radius 1 is 1.10 bits per heavy atom. The third-order valence-electron chi connectivity index (χ3n) is 4.54. The van der Waals surface area contributed by atoms with Crippen LogP contribution in [0.2, 0.25) is 10.0 Å². The molecular formula is C22H28Cl2N2O3S2. The predicted molar refractivity (Wildman–Crippen MR) is 133 cm³/mol. The van der Waals surface area contributed by atoms with Crippen LogP contribution < -0.4 is 9.62 Å². The first-order valence-electron chi connectivity index (χ1n) is 9.91. The number of aryl methyl sites for hydroxylation is 2. The predicted octanol–water partition coefficient (Wildman–Crippen LogP) is 5.21. The van der Waals surface area contributed by atoms with E-state index in [1.165, 1.54) is 10.6 Å². The lowest BCUT2D eigenvalue weighted by Crippen LogP contribution is -2.32. The van der Waals surface area contributed by atoms with Crippen LogP contribution in [-0.4, -0.2) is 39.4 Å². The molecule has 0 fully saturated rings. The molecule has 2 aromatic rings. The summed E-state index contributed by atoms with van der Waals surface area (Å²) in [5.74, 6) is 1.31. The van der Waals surface area contributed by atoms with Crippen LogP contribution in [0.4, 0.5) is 5.69 Å². The van der Waals surface area contributed by atoms with Gasteiger partial charge in [-0.1, -0.05) is 35.3 Å². The highest BCUT2D eigenvalue weighted by atomic mass is 35.5. The lowest BCUT2D eigenvalue weighted by molar-refractivity contribution is -0.121. The number of amides is 1. The van der Waals surface area contributed by atoms with Gasteiger partial charge in [0.05, 0.1) is 11.9 Å². The Hall–Kier alpha value is -1.41. The summed E-state index contributed by atoms with van der Waals surface area (Å²) in [6.45, 7) is 4.65. The number of sulfonamides is 1. The van der Waals surface area contributed by atoms with Gasteiger partial charge >= 0.3 is 0 Å². The van der Waals surface area contributed by atoms with Gasteiger partial charge in [-0.15, -0.1) is 0 Å². The van der Waals surface area contributed by atoms with Crippen molar-refractivity contribution in [1.82, 2.24) is 5.32 Å². The summed E-state index contributed by atoms with van der Waals surface area (Å²) in [6, 6.07) is 11.1. The Morgan fingerprint density at radius 3 is 2.29 bits per heavy atom. The number of carbonyl (C=O) groups excluding carboxylic acids is 1. The number of halogens is 2. The fraction of sp³-hybridized carbons (Fsp3) is 0.409. The highest BCUT2D eigenvalue weighted by Crippen LogP contribution is 2.28. The Labute approximate surface area is 199 Å². The van der Waals surface area contributed by atoms with Crippen LogP contribution >= 0.6 is 35.0 Å². The second kappa shape index (κ2) is 12.0. The highest BCUT2D eigenvalue weighted by molar-refractivity contribution is 7.98. The minimum absolute atomic E-state index is 0.0924. The van der Waals surface area contributed by atoms with E-state index in [1.807, 2.05) is 50.2 Å². The van der Waals surface area contributed by atoms with Gasteiger partial charge < -0.3 is 5.32 Å². The molecule has 0 atom stereocenters. The van der Waals surface area contributed by atoms with Gasteiger partial charge in [0.15, 0.2) is 0 Å². The largest absolute Gasteiger partial charge is 0.355 e. The minimum atomic E-state index is -3.43. The molecule has 2 aromatic carbocycles. The van der Waals surface area contributed by atoms with Crippen LogP contribution in [0.15, 0.2) is 36.4 Å². The van der Waals surface area contributed by atoms with Gasteiger partial charge in [-0.2, -0.15) is 11.8 Å². The van der Waals surface area contributed by atoms with Gasteiger partial charge in [-0.05, 0) is 61.2 Å². The van der Waals surface area contributed by atoms with Crippen molar-refractivity contribution in [2.24, 2.45) is 0 Å². The quantitative estimate of drug-likeness (QED) is 0.428. The Bertz CT molecular complexity index is 973. The molecule has 0 aliphatic heterocycles. The monoisotopic (exact) mass is 502 g/mol. The molecule has 1 N–H and O–H groups in total. The molecule has 0 aromatic heterocycles. The molecule has 0 saturated carbocycles. The lowest BCUT2D eigenvalue weighted by atomic mass is 10.1. The molecule has 5 nitrogen and oxygen atoms in total. The zero-order valence-corrected chi connectivity index (χ0v) is 21.1. The van der Waals surface area contributed by atoms with E-state index in [4.69, 9.17) is 23.2 Å². The molecule has 0 aliphatic rings. The molecule has 0 spiro atoms. The van der Waals surface area contributed by atoms with E-state index in [1.54, 1.807) is 11.8 Å². The molecule has 0 aliphatic carbocycles. The van der Waals surface area contributed by atoms with E-state index in [9.17, 15) is 13.2 Å². The van der Waals surface area contributed by atoms with E-state index >= 15 is 0 Å². The first kappa shape index (κ1) is 25.8. The first-order chi connectivity index (χ1) is 14.6. The smallest absolute Gasteiger partial charge is 0.232 e. The molecule has 1 amide bonds. The number of nitrogens with zero attached hydrogens (tertiary/aromatic N) is 1. The zero-order chi connectivity index (χ0) is 23.0. The van der Waals surface area contributed by atoms with E-state index in [0.717, 1.165) is 22.4 Å². The number of carbonyl (C=O) groups is 1. The van der Waals surface area contributed by atoms with Gasteiger partial charge in [-0.25, -0.2) is 8.42 Å². The summed E-state index contributed by atoms with van der Waals surface area (Å²) in [5.41, 5.74) is 3.53. The average molecular weight is 504 g/mol. The average Bonchev–Trinajstić information content (AvgIpc) is 2.65. The third-order valence-corrected chi connectivity index (χ3v) is 7.42. The Kier molecular flexibility index (Phi) is 10.0. The van der Waals surface area contributed by atoms with E-state index < -0.39 is 10.0 Å². The van der Waals surface area contributed by atoms with Gasteiger partial charge in [0, 0.05) is 41.1 Å². The maximum absolute atomic E-state index is 12.2. The van der Waals surface area contributed by atoms with Crippen LogP contribution in [0.1, 0.15) is 29.5 Å². The van der Waals surface area contributed by atoms with E-state index in [0.29, 0.717) is 34.5 Å². The van der Waals surface area contributed by atoms with Crippen molar-refractivity contribution in [3.63, 3.8) is 0 Å². The van der Waals surface area contributed by atoms with Gasteiger partial charge in [0.1, 0.15) is 0 Å². The number of hydrogen-bond donors (Lipinski definition) is 1. The van der Waals surface area contributed by atoms with E-state index in [2.05, 4.69) is 5.32 Å². The molecule has 0 saturated heterocycles. The van der Waals surface area contributed by atoms with Crippen LogP contribution in [0.5, 0.6) is 0 Å². The molecule has 0 radical (unpaired) electrons. The second-order valence-electron chi connectivity index (χ2n) is 7.39. The van der Waals surface area contributed by atoms with Gasteiger partial charge in [-0.3, -0.25) is 9.10 Å². The zero-order valence-electron chi connectivity index (χ0n) is 18.0. The molecule has 0 bridgehead atoms. The fourth-order valence-corrected chi connectivity index (χ4v) is 5.70. The van der Waals surface area contributed by atoms with Gasteiger partial charge in [0.2, 0.25) is 15.9 Å². The molecular weight excluding hydrogens is 475 g/mol. The van der Waals surface area contributed by atoms with E-state index in [-0.39, 0.29) is 18.9 Å². The summed E-state index contributed by atoms with van der Waals surface area (Å²) in [6.07, 6.45) is 1.89. The number of anilines is 1. The van der Waals surface area contributed by atoms with Crippen molar-refractivity contribution < 1.29 is 13.2 Å². The fourth-order valence-electron chi connectivity index (χ4n) is 3.16. The summed E-state index contributed by atoms with van der Waals surface area (Å²) < 4.78 is 25.9. The summed E-state index contributed by atoms with van der Waals surface area (Å²) >= 11 is 13.9. The summed E-state index contributed by atoms with van der Waals surface area (Å²) in [5, 5.41) is 4.16. The topological polar surface area (TPSA) is 66.5 Å². The molecule has 9 heteroatoms. The first-order valence-corrected chi connectivity index (χ1v) is 13.7. The second-order valence-corrected chi connectivity index (χ2v) is 11.2. The Balaban J connectivity index is 1.76. The standard InChI is InChI=1S/C22H28Cl2N2O3S2/c1-16-12-17(2)14-18(13-16)26(31(3,28)29)10-5-8-22(27)25-9-11-30-15-19-20(23)6-4-7-21(19)24/h4,6-7,12-14H,5,8-11,15H2,1-3H3,(H,25,27). The summed E-state index contributed by atoms with van der Waals surface area (Å²) in [7, 11) is -3.43. The van der Waals surface area contributed by atoms with Crippen LogP contribution in [0.25, 0.3) is 0 Å². The van der Waals surface area contributed by atoms with Crippen LogP contribution in [0, 0.1) is 13.8 Å². The van der Waals surface area contributed by atoms with Crippen molar-refractivity contribution >= 4 is 56.6 Å². The van der Waals surface area contributed by atoms with Crippen molar-refractivity contribution in [2.45, 2.75) is 32.4 Å². The highest BCUT2D eigenvalue weighted by Gasteiger charge is 2.18. The SMILES string of the molecule is Cc1cc(C)cc(N(CCCC(=O)NCCSCc2c(Cl)cccc2Cl)S(C)(=O)=O)c1. The van der Waals surface area contributed by atoms with Gasteiger partial charge in [0.25, 0.3) is 0 Å². The lowest BCUT2D eigenvalue weighted by Gasteiger charge is -2.23. The number of thioether (sulfide) groups is 1. The number of rotatable bonds is 11. The maximum Gasteiger partial charge on any atom is 0.232 e. The molecule has 31 heavy (non-hydrogen) atoms. The van der Waals surface area contributed by atoms with Crippen LogP contribution in [-0.2, 0) is 20.6 Å². The molecule has 0 unspecified atom stereocenters. The summed E-state index contributed by atoms with van der Waals surface area (Å²) in [4.78, 5) is 12.1. The number of hydrogen-bond acceptors (Lipinski definition) is 4. The van der Waals surface area contributed by atoms with Crippen LogP contribution in [0.3, 0.4) is 0 Å². The van der Waals surface area contributed by atoms with Crippen molar-refractivity contribution in [3.8, 4) is 0 Å². The van der Waals surface area contributed by atoms with Crippen molar-refractivity contribution in [2.75, 3.05) is 29.4 Å². The molecule has 0 heterocycles. The molecule has 2 rings (SSSR count). The van der Waals surface area contributed by atoms with Crippen molar-refractivity contribution in [1.29, 1.82) is 0 Å². The normalized spacial score (nSPS) is 11.4. The molecule has 170 valence electrons. The Morgan fingerprint density at radius 2 is 1.71 bits per heavy atom.